The number of anilines is 1. The number of nitrogens with zero attached hydrogens (tertiary/aromatic N) is 3. The van der Waals surface area contributed by atoms with Crippen LogP contribution in [0.4, 0.5) is 5.69 Å². The predicted molar refractivity (Wildman–Crippen MR) is 99.7 cm³/mol. The maximum absolute atomic E-state index is 13.2. The number of sulfonamides is 1. The first kappa shape index (κ1) is 16.7. The van der Waals surface area contributed by atoms with Crippen molar-refractivity contribution in [2.75, 3.05) is 29.5 Å². The Balaban J connectivity index is 1.75. The zero-order chi connectivity index (χ0) is 17.6. The van der Waals surface area contributed by atoms with Gasteiger partial charge < -0.3 is 9.80 Å². The van der Waals surface area contributed by atoms with E-state index in [0.29, 0.717) is 18.1 Å². The average Bonchev–Trinajstić information content (AvgIpc) is 2.59. The minimum absolute atomic E-state index is 0.0545. The van der Waals surface area contributed by atoms with Crippen molar-refractivity contribution >= 4 is 50.8 Å². The van der Waals surface area contributed by atoms with Gasteiger partial charge in [0, 0.05) is 35.0 Å². The molecule has 3 aliphatic heterocycles. The second-order valence-corrected chi connectivity index (χ2v) is 9.06. The summed E-state index contributed by atoms with van der Waals surface area (Å²) in [6.45, 7) is 0.818. The van der Waals surface area contributed by atoms with Crippen molar-refractivity contribution in [2.45, 2.75) is 4.90 Å². The third kappa shape index (κ3) is 3.09. The second kappa shape index (κ2) is 6.19. The summed E-state index contributed by atoms with van der Waals surface area (Å²) < 4.78 is 27.6. The van der Waals surface area contributed by atoms with Crippen molar-refractivity contribution in [2.24, 2.45) is 4.40 Å². The molecule has 6 nitrogen and oxygen atoms in total. The molecule has 0 aromatic heterocycles. The van der Waals surface area contributed by atoms with Gasteiger partial charge in [-0.05, 0) is 30.4 Å². The number of halogens is 1. The third-order valence-electron chi connectivity index (χ3n) is 4.12. The van der Waals surface area contributed by atoms with Crippen LogP contribution in [0.5, 0.6) is 0 Å². The van der Waals surface area contributed by atoms with Crippen LogP contribution in [0.3, 0.4) is 0 Å². The molecule has 0 radical (unpaired) electrons. The lowest BCUT2D eigenvalue weighted by atomic mass is 10.1. The van der Waals surface area contributed by atoms with Crippen molar-refractivity contribution < 1.29 is 13.2 Å². The summed E-state index contributed by atoms with van der Waals surface area (Å²) >= 11 is 7.76. The van der Waals surface area contributed by atoms with Crippen LogP contribution in [0.2, 0.25) is 5.02 Å². The quantitative estimate of drug-likeness (QED) is 0.729. The lowest BCUT2D eigenvalue weighted by Gasteiger charge is -2.33. The summed E-state index contributed by atoms with van der Waals surface area (Å²) in [6, 6.07) is 5.45. The Morgan fingerprint density at radius 2 is 2.12 bits per heavy atom. The number of amides is 1. The zero-order valence-corrected chi connectivity index (χ0v) is 15.4. The van der Waals surface area contributed by atoms with Crippen LogP contribution in [0.25, 0.3) is 0 Å². The number of amidine groups is 1. The Kier molecular flexibility index (Phi) is 4.13. The molecule has 0 N–H and O–H groups in total. The molecule has 130 valence electrons. The molecule has 0 aliphatic carbocycles. The van der Waals surface area contributed by atoms with Crippen LogP contribution in [-0.4, -0.2) is 49.7 Å². The number of carbonyl (C=O) groups excluding carboxylic acids is 1. The van der Waals surface area contributed by atoms with Crippen LogP contribution >= 0.6 is 23.4 Å². The Morgan fingerprint density at radius 1 is 1.28 bits per heavy atom. The van der Waals surface area contributed by atoms with Crippen LogP contribution in [0.1, 0.15) is 0 Å². The van der Waals surface area contributed by atoms with Gasteiger partial charge in [0.2, 0.25) is 0 Å². The largest absolute Gasteiger partial charge is 0.331 e. The van der Waals surface area contributed by atoms with Crippen LogP contribution < -0.4 is 4.90 Å². The summed E-state index contributed by atoms with van der Waals surface area (Å²) in [5.41, 5.74) is 1.03. The number of benzene rings is 1. The normalized spacial score (nSPS) is 21.2. The van der Waals surface area contributed by atoms with Gasteiger partial charge in [-0.2, -0.15) is 0 Å². The molecule has 1 aromatic carbocycles. The van der Waals surface area contributed by atoms with Gasteiger partial charge in [0.25, 0.3) is 15.9 Å². The molecule has 0 unspecified atom stereocenters. The topological polar surface area (TPSA) is 70.0 Å². The molecule has 0 atom stereocenters. The molecule has 4 rings (SSSR count). The van der Waals surface area contributed by atoms with Gasteiger partial charge in [0.15, 0.2) is 5.84 Å². The minimum Gasteiger partial charge on any atom is -0.331 e. The number of thioether (sulfide) groups is 1. The first-order chi connectivity index (χ1) is 11.9. The average molecular weight is 396 g/mol. The van der Waals surface area contributed by atoms with Crippen LogP contribution in [-0.2, 0) is 14.8 Å². The first-order valence-corrected chi connectivity index (χ1v) is 10.6. The Bertz CT molecular complexity index is 953. The Labute approximate surface area is 154 Å². The summed E-state index contributed by atoms with van der Waals surface area (Å²) in [7, 11) is -3.54. The fraction of sp³-hybridized carbons (Fsp3) is 0.250. The molecule has 1 amide bonds. The number of allylic oxidation sites excluding steroid dienone is 2. The second-order valence-electron chi connectivity index (χ2n) is 5.73. The zero-order valence-electron chi connectivity index (χ0n) is 13.1. The van der Waals surface area contributed by atoms with Crippen molar-refractivity contribution in [1.82, 2.24) is 4.90 Å². The standard InChI is InChI=1S/C16H14ClN3O3S2/c17-11-3-4-14-13(10-11)20(6-8-24-14)16(21)12-2-1-5-19-7-9-25(22,23)18-15(12)19/h1-5,10H,6-9H2. The number of fused-ring (bicyclic) bond motifs is 2. The summed E-state index contributed by atoms with van der Waals surface area (Å²) in [5.74, 6) is 0.633. The molecule has 3 aliphatic rings. The van der Waals surface area contributed by atoms with E-state index in [9.17, 15) is 13.2 Å². The fourth-order valence-electron chi connectivity index (χ4n) is 2.93. The highest BCUT2D eigenvalue weighted by atomic mass is 35.5. The van der Waals surface area contributed by atoms with E-state index >= 15 is 0 Å². The molecule has 0 fully saturated rings. The molecule has 1 aromatic rings. The van der Waals surface area contributed by atoms with Crippen LogP contribution in [0, 0.1) is 0 Å². The third-order valence-corrected chi connectivity index (χ3v) is 6.54. The van der Waals surface area contributed by atoms with E-state index in [-0.39, 0.29) is 23.1 Å². The van der Waals surface area contributed by atoms with E-state index in [2.05, 4.69) is 4.40 Å². The highest BCUT2D eigenvalue weighted by Crippen LogP contribution is 2.37. The van der Waals surface area contributed by atoms with Crippen molar-refractivity contribution in [3.05, 3.63) is 47.1 Å². The molecular formula is C16H14ClN3O3S2. The summed E-state index contributed by atoms with van der Waals surface area (Å²) in [6.07, 6.45) is 5.09. The maximum Gasteiger partial charge on any atom is 0.262 e. The van der Waals surface area contributed by atoms with Gasteiger partial charge in [-0.1, -0.05) is 11.6 Å². The van der Waals surface area contributed by atoms with Gasteiger partial charge >= 0.3 is 0 Å². The highest BCUT2D eigenvalue weighted by molar-refractivity contribution is 7.99. The maximum atomic E-state index is 13.2. The molecule has 25 heavy (non-hydrogen) atoms. The number of carbonyl (C=O) groups is 1. The molecule has 0 saturated heterocycles. The molecule has 3 heterocycles. The monoisotopic (exact) mass is 395 g/mol. The van der Waals surface area contributed by atoms with Gasteiger partial charge in [-0.15, -0.1) is 16.2 Å². The van der Waals surface area contributed by atoms with E-state index in [1.807, 2.05) is 6.07 Å². The fourth-order valence-corrected chi connectivity index (χ4v) is 5.06. The first-order valence-electron chi connectivity index (χ1n) is 7.67. The summed E-state index contributed by atoms with van der Waals surface area (Å²) in [4.78, 5) is 17.5. The van der Waals surface area contributed by atoms with E-state index < -0.39 is 10.0 Å². The van der Waals surface area contributed by atoms with Gasteiger partial charge in [0.05, 0.1) is 17.0 Å². The van der Waals surface area contributed by atoms with Crippen molar-refractivity contribution in [1.29, 1.82) is 0 Å². The van der Waals surface area contributed by atoms with Gasteiger partial charge in [0.1, 0.15) is 0 Å². The number of rotatable bonds is 1. The van der Waals surface area contributed by atoms with E-state index in [0.717, 1.165) is 16.3 Å². The molecule has 0 saturated carbocycles. The smallest absolute Gasteiger partial charge is 0.262 e. The summed E-state index contributed by atoms with van der Waals surface area (Å²) in [5, 5.41) is 0.552. The lowest BCUT2D eigenvalue weighted by Crippen LogP contribution is -2.44. The van der Waals surface area contributed by atoms with E-state index in [4.69, 9.17) is 11.6 Å². The molecular weight excluding hydrogens is 382 g/mol. The molecule has 9 heteroatoms. The number of hydrogen-bond acceptors (Lipinski definition) is 5. The number of hydrogen-bond donors (Lipinski definition) is 0. The van der Waals surface area contributed by atoms with Crippen LogP contribution in [0.15, 0.2) is 51.4 Å². The van der Waals surface area contributed by atoms with Crippen molar-refractivity contribution in [3.8, 4) is 0 Å². The molecule has 0 bridgehead atoms. The van der Waals surface area contributed by atoms with E-state index in [1.165, 1.54) is 0 Å². The minimum atomic E-state index is -3.54. The SMILES string of the molecule is O=C(C1=CC=CN2CCS(=O)(=O)N=C12)N1CCSc2ccc(Cl)cc21. The van der Waals surface area contributed by atoms with Crippen molar-refractivity contribution in [3.63, 3.8) is 0 Å². The predicted octanol–water partition coefficient (Wildman–Crippen LogP) is 2.28. The Hall–Kier alpha value is -1.77. The lowest BCUT2D eigenvalue weighted by molar-refractivity contribution is -0.114. The molecule has 0 spiro atoms. The van der Waals surface area contributed by atoms with E-state index in [1.54, 1.807) is 52.0 Å². The Morgan fingerprint density at radius 3 is 2.96 bits per heavy atom. The van der Waals surface area contributed by atoms with Gasteiger partial charge in [-0.3, -0.25) is 4.79 Å². The van der Waals surface area contributed by atoms with Gasteiger partial charge in [-0.25, -0.2) is 8.42 Å². The highest BCUT2D eigenvalue weighted by Gasteiger charge is 2.34.